The molecule has 4 aromatic carbocycles. The fourth-order valence-corrected chi connectivity index (χ4v) is 5.86. The van der Waals surface area contributed by atoms with Crippen LogP contribution in [0.15, 0.2) is 84.9 Å². The summed E-state index contributed by atoms with van der Waals surface area (Å²) in [7, 11) is 0. The predicted molar refractivity (Wildman–Crippen MR) is 136 cm³/mol. The van der Waals surface area contributed by atoms with Gasteiger partial charge in [0.1, 0.15) is 11.5 Å². The quantitative estimate of drug-likeness (QED) is 0.246. The summed E-state index contributed by atoms with van der Waals surface area (Å²) in [5, 5.41) is 0. The molecule has 2 aliphatic heterocycles. The number of rotatable bonds is 0. The molecular formula is C31H29NO. The van der Waals surface area contributed by atoms with E-state index in [1.165, 1.54) is 44.8 Å². The Balaban J connectivity index is 1.87. The second-order valence-corrected chi connectivity index (χ2v) is 10.4. The lowest BCUT2D eigenvalue weighted by Crippen LogP contribution is -2.46. The molecule has 0 radical (unpaired) electrons. The smallest absolute Gasteiger partial charge is 0.132 e. The molecule has 2 aliphatic rings. The molecule has 0 atom stereocenters. The molecule has 0 fully saturated rings. The lowest BCUT2D eigenvalue weighted by Gasteiger charge is -2.52. The van der Waals surface area contributed by atoms with Crippen molar-refractivity contribution in [3.63, 3.8) is 0 Å². The van der Waals surface area contributed by atoms with Gasteiger partial charge in [0.25, 0.3) is 0 Å². The van der Waals surface area contributed by atoms with Crippen LogP contribution in [0, 0.1) is 13.8 Å². The Morgan fingerprint density at radius 3 is 1.52 bits per heavy atom. The number of ether oxygens (including phenoxy) is 1. The normalized spacial score (nSPS) is 15.2. The molecule has 0 unspecified atom stereocenters. The Morgan fingerprint density at radius 2 is 1.06 bits per heavy atom. The molecule has 4 aromatic rings. The number of aryl methyl sites for hydroxylation is 2. The third-order valence-electron chi connectivity index (χ3n) is 7.07. The van der Waals surface area contributed by atoms with E-state index in [-0.39, 0.29) is 5.54 Å². The molecule has 164 valence electrons. The first-order valence-electron chi connectivity index (χ1n) is 11.7. The van der Waals surface area contributed by atoms with Crippen LogP contribution in [0.1, 0.15) is 54.2 Å². The van der Waals surface area contributed by atoms with Crippen LogP contribution in [0.4, 0.5) is 11.4 Å². The summed E-state index contributed by atoms with van der Waals surface area (Å²) in [6.07, 6.45) is 0. The SMILES string of the molecule is Cc1ccc2c(c1)C1(c3ccccc3Oc3ccccc31)c1cc(C)ccc1N2C(C)(C)C. The average Bonchev–Trinajstić information content (AvgIpc) is 2.78. The molecule has 6 rings (SSSR count). The molecule has 33 heavy (non-hydrogen) atoms. The van der Waals surface area contributed by atoms with Crippen molar-refractivity contribution in [3.8, 4) is 11.5 Å². The molecule has 0 N–H and O–H groups in total. The summed E-state index contributed by atoms with van der Waals surface area (Å²) in [6, 6.07) is 31.0. The highest BCUT2D eigenvalue weighted by Crippen LogP contribution is 2.62. The van der Waals surface area contributed by atoms with Crippen molar-refractivity contribution in [2.45, 2.75) is 45.6 Å². The molecule has 0 saturated carbocycles. The highest BCUT2D eigenvalue weighted by molar-refractivity contribution is 5.87. The van der Waals surface area contributed by atoms with E-state index in [2.05, 4.69) is 124 Å². The van der Waals surface area contributed by atoms with Gasteiger partial charge in [-0.1, -0.05) is 71.8 Å². The number of hydrogen-bond donors (Lipinski definition) is 0. The van der Waals surface area contributed by atoms with Gasteiger partial charge in [0.15, 0.2) is 0 Å². The minimum absolute atomic E-state index is 0.0835. The zero-order chi connectivity index (χ0) is 23.0. The van der Waals surface area contributed by atoms with E-state index in [1.807, 2.05) is 0 Å². The van der Waals surface area contributed by atoms with Gasteiger partial charge in [-0.15, -0.1) is 0 Å². The predicted octanol–water partition coefficient (Wildman–Crippen LogP) is 8.04. The minimum atomic E-state index is -0.449. The number of fused-ring (bicyclic) bond motifs is 8. The Labute approximate surface area is 196 Å². The van der Waals surface area contributed by atoms with Crippen LogP contribution >= 0.6 is 0 Å². The third kappa shape index (κ3) is 2.67. The van der Waals surface area contributed by atoms with Crippen molar-refractivity contribution < 1.29 is 4.74 Å². The number of nitrogens with zero attached hydrogens (tertiary/aromatic N) is 1. The zero-order valence-corrected chi connectivity index (χ0v) is 19.9. The van der Waals surface area contributed by atoms with Crippen molar-refractivity contribution in [3.05, 3.63) is 118 Å². The van der Waals surface area contributed by atoms with Crippen LogP contribution in [-0.4, -0.2) is 5.54 Å². The zero-order valence-electron chi connectivity index (χ0n) is 19.9. The first kappa shape index (κ1) is 20.1. The molecule has 0 saturated heterocycles. The van der Waals surface area contributed by atoms with E-state index in [0.29, 0.717) is 0 Å². The summed E-state index contributed by atoms with van der Waals surface area (Å²) in [5.74, 6) is 1.86. The summed E-state index contributed by atoms with van der Waals surface area (Å²) < 4.78 is 6.48. The Hall–Kier alpha value is -3.52. The summed E-state index contributed by atoms with van der Waals surface area (Å²) in [6.45, 7) is 11.3. The maximum atomic E-state index is 6.48. The fourth-order valence-electron chi connectivity index (χ4n) is 5.86. The van der Waals surface area contributed by atoms with Gasteiger partial charge >= 0.3 is 0 Å². The number of hydrogen-bond acceptors (Lipinski definition) is 2. The summed E-state index contributed by atoms with van der Waals surface area (Å²) >= 11 is 0. The van der Waals surface area contributed by atoms with Crippen LogP contribution in [0.2, 0.25) is 0 Å². The Bertz CT molecular complexity index is 1310. The van der Waals surface area contributed by atoms with Crippen LogP contribution in [-0.2, 0) is 5.41 Å². The summed E-state index contributed by atoms with van der Waals surface area (Å²) in [4.78, 5) is 2.52. The number of benzene rings is 4. The van der Waals surface area contributed by atoms with Crippen LogP contribution < -0.4 is 9.64 Å². The van der Waals surface area contributed by atoms with Gasteiger partial charge < -0.3 is 9.64 Å². The number of anilines is 2. The lowest BCUT2D eigenvalue weighted by molar-refractivity contribution is 0.431. The van der Waals surface area contributed by atoms with E-state index in [0.717, 1.165) is 11.5 Å². The molecule has 2 nitrogen and oxygen atoms in total. The van der Waals surface area contributed by atoms with E-state index in [9.17, 15) is 0 Å². The molecule has 0 aliphatic carbocycles. The first-order chi connectivity index (χ1) is 15.8. The van der Waals surface area contributed by atoms with Gasteiger partial charge in [-0.2, -0.15) is 0 Å². The molecule has 1 spiro atoms. The molecule has 0 aromatic heterocycles. The monoisotopic (exact) mass is 431 g/mol. The Kier molecular flexibility index (Phi) is 4.11. The Morgan fingerprint density at radius 1 is 0.606 bits per heavy atom. The van der Waals surface area contributed by atoms with Gasteiger partial charge in [-0.3, -0.25) is 0 Å². The van der Waals surface area contributed by atoms with E-state index in [1.54, 1.807) is 0 Å². The summed E-state index contributed by atoms with van der Waals surface area (Å²) in [5.41, 5.74) is 9.56. The average molecular weight is 432 g/mol. The minimum Gasteiger partial charge on any atom is -0.457 e. The molecular weight excluding hydrogens is 402 g/mol. The molecule has 2 heterocycles. The first-order valence-corrected chi connectivity index (χ1v) is 11.7. The van der Waals surface area contributed by atoms with Gasteiger partial charge in [0.2, 0.25) is 0 Å². The van der Waals surface area contributed by atoms with Crippen molar-refractivity contribution in [1.82, 2.24) is 0 Å². The highest BCUT2D eigenvalue weighted by atomic mass is 16.5. The van der Waals surface area contributed by atoms with Crippen molar-refractivity contribution in [2.75, 3.05) is 4.90 Å². The van der Waals surface area contributed by atoms with Crippen LogP contribution in [0.25, 0.3) is 0 Å². The van der Waals surface area contributed by atoms with Gasteiger partial charge in [0.05, 0.1) is 5.41 Å². The van der Waals surface area contributed by atoms with Gasteiger partial charge in [-0.25, -0.2) is 0 Å². The topological polar surface area (TPSA) is 12.5 Å². The van der Waals surface area contributed by atoms with Crippen molar-refractivity contribution >= 4 is 11.4 Å². The largest absolute Gasteiger partial charge is 0.457 e. The van der Waals surface area contributed by atoms with E-state index in [4.69, 9.17) is 4.74 Å². The second kappa shape index (κ2) is 6.74. The molecule has 0 amide bonds. The van der Waals surface area contributed by atoms with Crippen LogP contribution in [0.5, 0.6) is 11.5 Å². The second-order valence-electron chi connectivity index (χ2n) is 10.4. The van der Waals surface area contributed by atoms with E-state index >= 15 is 0 Å². The maximum Gasteiger partial charge on any atom is 0.132 e. The van der Waals surface area contributed by atoms with Gasteiger partial charge in [0, 0.05) is 28.0 Å². The van der Waals surface area contributed by atoms with Crippen molar-refractivity contribution in [1.29, 1.82) is 0 Å². The standard InChI is InChI=1S/C31H29NO/c1-20-14-16-26-24(18-20)31(25-19-21(2)15-17-27(25)32(26)30(3,4)5)22-10-6-8-12-28(22)33-29-13-9-7-11-23(29)31/h6-19H,1-5H3. The molecule has 0 bridgehead atoms. The number of para-hydroxylation sites is 2. The lowest BCUT2D eigenvalue weighted by atomic mass is 9.60. The molecule has 2 heteroatoms. The van der Waals surface area contributed by atoms with Crippen molar-refractivity contribution in [2.24, 2.45) is 0 Å². The fraction of sp³-hybridized carbons (Fsp3) is 0.226. The maximum absolute atomic E-state index is 6.48. The van der Waals surface area contributed by atoms with E-state index < -0.39 is 5.41 Å². The highest BCUT2D eigenvalue weighted by Gasteiger charge is 2.52. The van der Waals surface area contributed by atoms with Crippen LogP contribution in [0.3, 0.4) is 0 Å². The third-order valence-corrected chi connectivity index (χ3v) is 7.07. The van der Waals surface area contributed by atoms with Gasteiger partial charge in [-0.05, 0) is 70.0 Å².